The molecule has 7 heteroatoms. The zero-order valence-electron chi connectivity index (χ0n) is 19.0. The molecule has 0 amide bonds. The first-order valence-electron chi connectivity index (χ1n) is 11.1. The van der Waals surface area contributed by atoms with Crippen LogP contribution in [0.25, 0.3) is 0 Å². The van der Waals surface area contributed by atoms with Gasteiger partial charge in [0.2, 0.25) is 0 Å². The standard InChI is InChI=1S/C28H22N2O4S/c1-20-11-5-7-15-23(20)28(31)34-25-17-9-6-12-21(25)19-30(22-13-3-2-4-14-22)27-24-16-8-10-18-26(24)35(32,33)29-27/h2-18H,19H2,1H3. The molecule has 6 nitrogen and oxygen atoms in total. The van der Waals surface area contributed by atoms with Gasteiger partial charge in [-0.05, 0) is 48.9 Å². The molecule has 0 spiro atoms. The van der Waals surface area contributed by atoms with E-state index in [-0.39, 0.29) is 11.4 Å². The molecule has 0 aliphatic carbocycles. The maximum Gasteiger partial charge on any atom is 0.343 e. The van der Waals surface area contributed by atoms with Crippen LogP contribution in [0.15, 0.2) is 112 Å². The maximum absolute atomic E-state index is 12.9. The number of fused-ring (bicyclic) bond motifs is 1. The Labute approximate surface area is 204 Å². The second kappa shape index (κ2) is 9.19. The van der Waals surface area contributed by atoms with Crippen molar-refractivity contribution in [3.8, 4) is 5.75 Å². The Bertz CT molecular complexity index is 1550. The number of benzene rings is 4. The van der Waals surface area contributed by atoms with Crippen LogP contribution in [0.3, 0.4) is 0 Å². The number of rotatable bonds is 5. The van der Waals surface area contributed by atoms with E-state index in [1.54, 1.807) is 48.5 Å². The third-order valence-electron chi connectivity index (χ3n) is 5.80. The van der Waals surface area contributed by atoms with Crippen molar-refractivity contribution in [3.63, 3.8) is 0 Å². The maximum atomic E-state index is 12.9. The third kappa shape index (κ3) is 4.46. The summed E-state index contributed by atoms with van der Waals surface area (Å²) in [5, 5.41) is 0. The molecular formula is C28H22N2O4S. The molecular weight excluding hydrogens is 460 g/mol. The summed E-state index contributed by atoms with van der Waals surface area (Å²) in [5.74, 6) is 0.274. The molecule has 1 aliphatic rings. The Kier molecular flexibility index (Phi) is 5.93. The summed E-state index contributed by atoms with van der Waals surface area (Å²) >= 11 is 0. The van der Waals surface area contributed by atoms with Gasteiger partial charge in [-0.2, -0.15) is 8.42 Å². The van der Waals surface area contributed by atoms with E-state index in [2.05, 4.69) is 4.40 Å². The summed E-state index contributed by atoms with van der Waals surface area (Å²) in [5.41, 5.74) is 3.32. The highest BCUT2D eigenvalue weighted by molar-refractivity contribution is 7.90. The van der Waals surface area contributed by atoms with Gasteiger partial charge in [0.25, 0.3) is 10.0 Å². The molecule has 1 aliphatic heterocycles. The number of anilines is 1. The normalized spacial score (nSPS) is 13.6. The molecule has 0 saturated carbocycles. The first-order chi connectivity index (χ1) is 16.9. The quantitative estimate of drug-likeness (QED) is 0.282. The second-order valence-electron chi connectivity index (χ2n) is 8.12. The summed E-state index contributed by atoms with van der Waals surface area (Å²) < 4.78 is 35.5. The van der Waals surface area contributed by atoms with Crippen LogP contribution < -0.4 is 9.64 Å². The smallest absolute Gasteiger partial charge is 0.343 e. The summed E-state index contributed by atoms with van der Waals surface area (Å²) in [6, 6.07) is 30.7. The van der Waals surface area contributed by atoms with Gasteiger partial charge in [0.05, 0.1) is 12.1 Å². The minimum atomic E-state index is -3.81. The molecule has 4 aromatic carbocycles. The van der Waals surface area contributed by atoms with E-state index in [9.17, 15) is 13.2 Å². The molecule has 4 aromatic rings. The van der Waals surface area contributed by atoms with Gasteiger partial charge in [-0.3, -0.25) is 0 Å². The van der Waals surface area contributed by atoms with Gasteiger partial charge in [0.15, 0.2) is 5.84 Å². The fourth-order valence-electron chi connectivity index (χ4n) is 4.04. The zero-order chi connectivity index (χ0) is 24.4. The Morgan fingerprint density at radius 3 is 2.29 bits per heavy atom. The van der Waals surface area contributed by atoms with Gasteiger partial charge < -0.3 is 9.64 Å². The van der Waals surface area contributed by atoms with Crippen molar-refractivity contribution < 1.29 is 17.9 Å². The number of carbonyl (C=O) groups is 1. The molecule has 0 aromatic heterocycles. The summed E-state index contributed by atoms with van der Waals surface area (Å²) in [6.45, 7) is 2.10. The molecule has 0 fully saturated rings. The number of hydrogen-bond donors (Lipinski definition) is 0. The average molecular weight is 483 g/mol. The zero-order valence-corrected chi connectivity index (χ0v) is 19.8. The Balaban J connectivity index is 1.54. The van der Waals surface area contributed by atoms with Gasteiger partial charge in [-0.15, -0.1) is 4.40 Å². The number of ether oxygens (including phenoxy) is 1. The van der Waals surface area contributed by atoms with Crippen LogP contribution in [0.1, 0.15) is 27.0 Å². The van der Waals surface area contributed by atoms with Crippen LogP contribution in [0, 0.1) is 6.92 Å². The summed E-state index contributed by atoms with van der Waals surface area (Å²) in [6.07, 6.45) is 0. The predicted octanol–water partition coefficient (Wildman–Crippen LogP) is 5.37. The van der Waals surface area contributed by atoms with E-state index in [0.29, 0.717) is 28.3 Å². The number of para-hydroxylation sites is 2. The molecule has 35 heavy (non-hydrogen) atoms. The minimum Gasteiger partial charge on any atom is -0.423 e. The monoisotopic (exact) mass is 482 g/mol. The van der Waals surface area contributed by atoms with Gasteiger partial charge >= 0.3 is 5.97 Å². The average Bonchev–Trinajstić information content (AvgIpc) is 3.15. The fourth-order valence-corrected chi connectivity index (χ4v) is 5.25. The first kappa shape index (κ1) is 22.6. The molecule has 174 valence electrons. The number of amidine groups is 1. The lowest BCUT2D eigenvalue weighted by molar-refractivity contribution is 0.0732. The Morgan fingerprint density at radius 2 is 1.49 bits per heavy atom. The number of carbonyl (C=O) groups excluding carboxylic acids is 1. The lowest BCUT2D eigenvalue weighted by atomic mass is 10.1. The van der Waals surface area contributed by atoms with E-state index in [4.69, 9.17) is 4.74 Å². The van der Waals surface area contributed by atoms with Crippen molar-refractivity contribution in [2.45, 2.75) is 18.4 Å². The predicted molar refractivity (Wildman–Crippen MR) is 135 cm³/mol. The highest BCUT2D eigenvalue weighted by atomic mass is 32.2. The van der Waals surface area contributed by atoms with Gasteiger partial charge in [-0.25, -0.2) is 4.79 Å². The van der Waals surface area contributed by atoms with Gasteiger partial charge in [0, 0.05) is 16.8 Å². The largest absolute Gasteiger partial charge is 0.423 e. The van der Waals surface area contributed by atoms with Crippen LogP contribution in [0.2, 0.25) is 0 Å². The lowest BCUT2D eigenvalue weighted by Crippen LogP contribution is -2.30. The number of nitrogens with zero attached hydrogens (tertiary/aromatic N) is 2. The molecule has 0 bridgehead atoms. The fraction of sp³-hybridized carbons (Fsp3) is 0.0714. The molecule has 0 atom stereocenters. The highest BCUT2D eigenvalue weighted by Crippen LogP contribution is 2.32. The number of aryl methyl sites for hydroxylation is 1. The highest BCUT2D eigenvalue weighted by Gasteiger charge is 2.32. The van der Waals surface area contributed by atoms with Crippen LogP contribution in [-0.4, -0.2) is 20.2 Å². The molecule has 0 saturated heterocycles. The minimum absolute atomic E-state index is 0.176. The van der Waals surface area contributed by atoms with Crippen molar-refractivity contribution in [1.82, 2.24) is 0 Å². The van der Waals surface area contributed by atoms with E-state index in [1.807, 2.05) is 66.4 Å². The van der Waals surface area contributed by atoms with E-state index in [0.717, 1.165) is 11.3 Å². The van der Waals surface area contributed by atoms with Crippen molar-refractivity contribution >= 4 is 27.5 Å². The van der Waals surface area contributed by atoms with E-state index in [1.165, 1.54) is 0 Å². The Morgan fingerprint density at radius 1 is 0.829 bits per heavy atom. The third-order valence-corrected chi connectivity index (χ3v) is 7.13. The number of hydrogen-bond acceptors (Lipinski definition) is 5. The Hall–Kier alpha value is -4.23. The van der Waals surface area contributed by atoms with Crippen molar-refractivity contribution in [2.75, 3.05) is 4.90 Å². The van der Waals surface area contributed by atoms with Crippen LogP contribution >= 0.6 is 0 Å². The summed E-state index contributed by atoms with van der Waals surface area (Å²) in [4.78, 5) is 14.9. The van der Waals surface area contributed by atoms with Crippen molar-refractivity contribution in [1.29, 1.82) is 0 Å². The topological polar surface area (TPSA) is 76.0 Å². The van der Waals surface area contributed by atoms with Crippen molar-refractivity contribution in [3.05, 3.63) is 125 Å². The van der Waals surface area contributed by atoms with Gasteiger partial charge in [0.1, 0.15) is 10.6 Å². The van der Waals surface area contributed by atoms with Crippen LogP contribution in [0.5, 0.6) is 5.75 Å². The number of esters is 1. The molecule has 1 heterocycles. The SMILES string of the molecule is Cc1ccccc1C(=O)Oc1ccccc1CN(C1=NS(=O)(=O)c2ccccc21)c1ccccc1. The number of sulfonamides is 1. The van der Waals surface area contributed by atoms with Gasteiger partial charge in [-0.1, -0.05) is 66.7 Å². The summed E-state index contributed by atoms with van der Waals surface area (Å²) in [7, 11) is -3.81. The van der Waals surface area contributed by atoms with Crippen molar-refractivity contribution in [2.24, 2.45) is 4.40 Å². The van der Waals surface area contributed by atoms with Crippen LogP contribution in [-0.2, 0) is 16.6 Å². The molecule has 5 rings (SSSR count). The van der Waals surface area contributed by atoms with Crippen LogP contribution in [0.4, 0.5) is 5.69 Å². The molecule has 0 N–H and O–H groups in total. The second-order valence-corrected chi connectivity index (χ2v) is 9.69. The van der Waals surface area contributed by atoms with E-state index >= 15 is 0 Å². The first-order valence-corrected chi connectivity index (χ1v) is 12.5. The molecule has 0 unspecified atom stereocenters. The lowest BCUT2D eigenvalue weighted by Gasteiger charge is -2.25. The molecule has 0 radical (unpaired) electrons. The van der Waals surface area contributed by atoms with E-state index < -0.39 is 16.0 Å².